The fourth-order valence-corrected chi connectivity index (χ4v) is 6.98. The van der Waals surface area contributed by atoms with E-state index in [-0.39, 0.29) is 12.3 Å². The summed E-state index contributed by atoms with van der Waals surface area (Å²) >= 11 is 3.31. The van der Waals surface area contributed by atoms with Gasteiger partial charge in [0.05, 0.1) is 0 Å². The van der Waals surface area contributed by atoms with Gasteiger partial charge in [-0.3, -0.25) is 5.32 Å². The van der Waals surface area contributed by atoms with E-state index in [2.05, 4.69) is 45.9 Å². The van der Waals surface area contributed by atoms with Crippen molar-refractivity contribution < 1.29 is 27.1 Å². The molecule has 0 bridgehead atoms. The molecular formula is C20H29BrFN3O5SSi. The number of carbonyl (C=O) groups is 1. The van der Waals surface area contributed by atoms with Gasteiger partial charge in [-0.15, -0.1) is 0 Å². The lowest BCUT2D eigenvalue weighted by Gasteiger charge is -2.42. The van der Waals surface area contributed by atoms with Crippen molar-refractivity contribution >= 4 is 46.1 Å². The van der Waals surface area contributed by atoms with Crippen LogP contribution in [0.2, 0.25) is 25.7 Å². The Balaban J connectivity index is 1.83. The summed E-state index contributed by atoms with van der Waals surface area (Å²) in [6.07, 6.45) is -0.242. The van der Waals surface area contributed by atoms with Crippen molar-refractivity contribution in [1.82, 2.24) is 9.62 Å². The SMILES string of the molecule is CN1C(OC(=O)NCOCC[Si](C)(C)C)=NC(C)(c2cc(Br)ccc2F)C2(CC2)S1(=O)=O. The van der Waals surface area contributed by atoms with Crippen LogP contribution in [0.1, 0.15) is 25.3 Å². The molecular weight excluding hydrogens is 521 g/mol. The third-order valence-corrected chi connectivity index (χ3v) is 10.9. The number of sulfonamides is 1. The Kier molecular flexibility index (Phi) is 6.82. The molecule has 0 saturated heterocycles. The molecule has 8 nitrogen and oxygen atoms in total. The number of carbonyl (C=O) groups excluding carboxylic acids is 1. The standard InChI is InChI=1S/C20H29BrFN3O5SSi/c1-19(15-12-14(21)6-7-16(15)22)20(8-9-20)31(27,28)25(2)17(24-19)30-18(26)23-13-29-10-11-32(3,4)5/h6-7,12H,8-11,13H2,1-5H3,(H,23,26). The summed E-state index contributed by atoms with van der Waals surface area (Å²) in [6, 6.07) is 4.83. The van der Waals surface area contributed by atoms with E-state index in [1.165, 1.54) is 25.2 Å². The molecule has 1 aromatic carbocycles. The number of aliphatic imine (C=N–C) groups is 1. The van der Waals surface area contributed by atoms with Crippen LogP contribution in [0.15, 0.2) is 27.7 Å². The van der Waals surface area contributed by atoms with Gasteiger partial charge >= 0.3 is 12.1 Å². The highest BCUT2D eigenvalue weighted by molar-refractivity contribution is 9.10. The summed E-state index contributed by atoms with van der Waals surface area (Å²) in [5, 5.41) is 2.44. The molecule has 1 N–H and O–H groups in total. The van der Waals surface area contributed by atoms with Crippen molar-refractivity contribution in [2.75, 3.05) is 20.4 Å². The monoisotopic (exact) mass is 549 g/mol. The lowest BCUT2D eigenvalue weighted by molar-refractivity contribution is 0.118. The number of alkyl carbamates (subject to hydrolysis) is 1. The highest BCUT2D eigenvalue weighted by Crippen LogP contribution is 2.61. The summed E-state index contributed by atoms with van der Waals surface area (Å²) in [6.45, 7) is 8.65. The van der Waals surface area contributed by atoms with E-state index in [0.717, 1.165) is 10.3 Å². The molecule has 12 heteroatoms. The molecule has 2 aliphatic rings. The van der Waals surface area contributed by atoms with Crippen LogP contribution in [0, 0.1) is 5.82 Å². The first-order valence-corrected chi connectivity index (χ1v) is 16.2. The van der Waals surface area contributed by atoms with Crippen molar-refractivity contribution in [3.63, 3.8) is 0 Å². The Morgan fingerprint density at radius 3 is 2.59 bits per heavy atom. The molecule has 1 heterocycles. The third-order valence-electron chi connectivity index (χ3n) is 5.99. The quantitative estimate of drug-likeness (QED) is 0.328. The molecule has 1 unspecified atom stereocenters. The van der Waals surface area contributed by atoms with Crippen molar-refractivity contribution in [2.24, 2.45) is 4.99 Å². The molecule has 32 heavy (non-hydrogen) atoms. The number of hydrogen-bond donors (Lipinski definition) is 1. The van der Waals surface area contributed by atoms with Gasteiger partial charge in [0.1, 0.15) is 22.8 Å². The lowest BCUT2D eigenvalue weighted by Crippen LogP contribution is -2.57. The van der Waals surface area contributed by atoms with Crippen LogP contribution in [-0.4, -0.2) is 58.0 Å². The Morgan fingerprint density at radius 2 is 2.00 bits per heavy atom. The summed E-state index contributed by atoms with van der Waals surface area (Å²) < 4.78 is 52.3. The molecule has 3 rings (SSSR count). The predicted octanol–water partition coefficient (Wildman–Crippen LogP) is 4.01. The maximum absolute atomic E-state index is 14.8. The third kappa shape index (κ3) is 4.59. The van der Waals surface area contributed by atoms with Gasteiger partial charge in [0.2, 0.25) is 10.0 Å². The second-order valence-electron chi connectivity index (χ2n) is 9.49. The predicted molar refractivity (Wildman–Crippen MR) is 126 cm³/mol. The number of nitrogens with one attached hydrogen (secondary N) is 1. The van der Waals surface area contributed by atoms with E-state index >= 15 is 0 Å². The molecule has 1 aliphatic carbocycles. The van der Waals surface area contributed by atoms with E-state index < -0.39 is 46.3 Å². The minimum atomic E-state index is -3.97. The maximum atomic E-state index is 14.8. The number of nitrogens with zero attached hydrogens (tertiary/aromatic N) is 2. The van der Waals surface area contributed by atoms with E-state index in [1.807, 2.05) is 0 Å². The summed E-state index contributed by atoms with van der Waals surface area (Å²) in [5.41, 5.74) is -1.34. The van der Waals surface area contributed by atoms with Gasteiger partial charge < -0.3 is 9.47 Å². The Morgan fingerprint density at radius 1 is 1.34 bits per heavy atom. The second kappa shape index (κ2) is 8.69. The van der Waals surface area contributed by atoms with Crippen molar-refractivity contribution in [1.29, 1.82) is 0 Å². The van der Waals surface area contributed by atoms with Gasteiger partial charge in [0, 0.05) is 31.8 Å². The van der Waals surface area contributed by atoms with Crippen LogP contribution in [0.25, 0.3) is 0 Å². The molecule has 1 aliphatic heterocycles. The van der Waals surface area contributed by atoms with Gasteiger partial charge in [-0.1, -0.05) is 35.6 Å². The highest BCUT2D eigenvalue weighted by atomic mass is 79.9. The van der Waals surface area contributed by atoms with E-state index in [9.17, 15) is 17.6 Å². The first kappa shape index (κ1) is 25.1. The molecule has 0 aromatic heterocycles. The average Bonchev–Trinajstić information content (AvgIpc) is 3.49. The van der Waals surface area contributed by atoms with E-state index in [1.54, 1.807) is 6.92 Å². The van der Waals surface area contributed by atoms with Gasteiger partial charge in [0.15, 0.2) is 0 Å². The van der Waals surface area contributed by atoms with Crippen molar-refractivity contribution in [2.45, 2.75) is 55.7 Å². The van der Waals surface area contributed by atoms with Crippen LogP contribution in [0.5, 0.6) is 0 Å². The summed E-state index contributed by atoms with van der Waals surface area (Å²) in [7, 11) is -3.94. The number of halogens is 2. The molecule has 0 radical (unpaired) electrons. The average molecular weight is 551 g/mol. The topological polar surface area (TPSA) is 97.3 Å². The minimum absolute atomic E-state index is 0.0749. The zero-order valence-electron chi connectivity index (χ0n) is 18.9. The van der Waals surface area contributed by atoms with Gasteiger partial charge in [0.25, 0.3) is 0 Å². The number of amidine groups is 1. The summed E-state index contributed by atoms with van der Waals surface area (Å²) in [5.74, 6) is -0.579. The van der Waals surface area contributed by atoms with Crippen LogP contribution >= 0.6 is 15.9 Å². The summed E-state index contributed by atoms with van der Waals surface area (Å²) in [4.78, 5) is 16.8. The normalized spacial score (nSPS) is 23.6. The fraction of sp³-hybridized carbons (Fsp3) is 0.600. The first-order chi connectivity index (χ1) is 14.7. The van der Waals surface area contributed by atoms with Gasteiger partial charge in [-0.25, -0.2) is 26.9 Å². The maximum Gasteiger partial charge on any atom is 0.416 e. The largest absolute Gasteiger partial charge is 0.416 e. The number of rotatable bonds is 6. The molecule has 178 valence electrons. The molecule has 1 fully saturated rings. The highest BCUT2D eigenvalue weighted by Gasteiger charge is 2.71. The van der Waals surface area contributed by atoms with Crippen molar-refractivity contribution in [3.05, 3.63) is 34.1 Å². The van der Waals surface area contributed by atoms with E-state index in [4.69, 9.17) is 9.47 Å². The zero-order chi connectivity index (χ0) is 23.9. The second-order valence-corrected chi connectivity index (χ2v) is 18.3. The lowest BCUT2D eigenvalue weighted by atomic mass is 9.86. The number of benzene rings is 1. The van der Waals surface area contributed by atoms with Crippen LogP contribution in [0.4, 0.5) is 9.18 Å². The molecule has 1 amide bonds. The Bertz CT molecular complexity index is 1040. The molecule has 1 spiro atoms. The van der Waals surface area contributed by atoms with Crippen LogP contribution in [0.3, 0.4) is 0 Å². The fourth-order valence-electron chi connectivity index (χ4n) is 3.78. The Labute approximate surface area is 197 Å². The first-order valence-electron chi connectivity index (χ1n) is 10.3. The molecule has 1 saturated carbocycles. The van der Waals surface area contributed by atoms with Gasteiger partial charge in [-0.2, -0.15) is 0 Å². The number of amides is 1. The number of ether oxygens (including phenoxy) is 2. The number of hydrogen-bond acceptors (Lipinski definition) is 6. The molecule has 1 atom stereocenters. The van der Waals surface area contributed by atoms with Crippen molar-refractivity contribution in [3.8, 4) is 0 Å². The Hall–Kier alpha value is -1.50. The molecule has 1 aromatic rings. The van der Waals surface area contributed by atoms with Crippen LogP contribution < -0.4 is 5.32 Å². The zero-order valence-corrected chi connectivity index (χ0v) is 22.3. The smallest absolute Gasteiger partial charge is 0.375 e. The van der Waals surface area contributed by atoms with Gasteiger partial charge in [-0.05, 0) is 44.0 Å². The van der Waals surface area contributed by atoms with E-state index in [0.29, 0.717) is 23.9 Å². The minimum Gasteiger partial charge on any atom is -0.375 e. The van der Waals surface area contributed by atoms with Crippen LogP contribution in [-0.2, 0) is 25.0 Å².